The second kappa shape index (κ2) is 11.9. The summed E-state index contributed by atoms with van der Waals surface area (Å²) in [5.74, 6) is -0.468. The van der Waals surface area contributed by atoms with Crippen molar-refractivity contribution in [1.82, 2.24) is 34.7 Å². The number of carbonyl (C=O) groups is 2. The molecule has 1 N–H and O–H groups in total. The van der Waals surface area contributed by atoms with Crippen LogP contribution >= 0.6 is 0 Å². The van der Waals surface area contributed by atoms with E-state index in [0.717, 1.165) is 50.2 Å². The Morgan fingerprint density at radius 2 is 1.52 bits per heavy atom. The number of likely N-dealkylation sites (tertiary alicyclic amines) is 3. The van der Waals surface area contributed by atoms with Gasteiger partial charge in [-0.25, -0.2) is 14.3 Å². The Balaban J connectivity index is 0.952. The van der Waals surface area contributed by atoms with Gasteiger partial charge in [-0.05, 0) is 56.7 Å². The minimum absolute atomic E-state index is 0.0478. The quantitative estimate of drug-likeness (QED) is 0.494. The Kier molecular flexibility index (Phi) is 7.84. The van der Waals surface area contributed by atoms with Gasteiger partial charge < -0.3 is 19.6 Å². The van der Waals surface area contributed by atoms with E-state index in [9.17, 15) is 18.8 Å². The highest BCUT2D eigenvalue weighted by atomic mass is 19.1. The van der Waals surface area contributed by atoms with Gasteiger partial charge in [-0.3, -0.25) is 14.5 Å². The fourth-order valence-corrected chi connectivity index (χ4v) is 7.67. The average Bonchev–Trinajstić information content (AvgIpc) is 3.63. The van der Waals surface area contributed by atoms with Crippen LogP contribution < -0.4 is 5.56 Å². The Bertz CT molecular complexity index is 1600. The highest BCUT2D eigenvalue weighted by molar-refractivity contribution is 5.95. The lowest BCUT2D eigenvalue weighted by molar-refractivity contribution is 0.0662. The third-order valence-corrected chi connectivity index (χ3v) is 10.2. The summed E-state index contributed by atoms with van der Waals surface area (Å²) in [7, 11) is 2.18. The van der Waals surface area contributed by atoms with Crippen molar-refractivity contribution in [2.24, 2.45) is 11.8 Å². The molecule has 0 spiro atoms. The topological polar surface area (TPSA) is 96.1 Å². The number of aromatic nitrogens is 2. The standard InChI is InChI=1S/C33H40FN7O3/c1-37-10-8-25(9-11-37)38-12-14-39(15-13-38)33(44)41-20-23-18-40(19-24(23)21-41)32(43)28-16-22(6-7-29(28)34)17-30-26-4-2-3-5-27(26)31(42)36-35-30/h2-7,16,23-25H,8-15,17-21H2,1H3,(H,36,42). The number of aromatic amines is 1. The molecule has 2 atom stereocenters. The number of nitrogens with one attached hydrogen (secondary N) is 1. The molecule has 0 saturated carbocycles. The summed E-state index contributed by atoms with van der Waals surface area (Å²) >= 11 is 0. The van der Waals surface area contributed by atoms with Gasteiger partial charge in [-0.2, -0.15) is 5.10 Å². The number of benzene rings is 2. The molecule has 10 nitrogen and oxygen atoms in total. The van der Waals surface area contributed by atoms with Crippen LogP contribution in [0.5, 0.6) is 0 Å². The molecule has 11 heteroatoms. The molecule has 4 aliphatic rings. The summed E-state index contributed by atoms with van der Waals surface area (Å²) in [6.07, 6.45) is 2.76. The average molecular weight is 602 g/mol. The molecule has 4 fully saturated rings. The second-order valence-electron chi connectivity index (χ2n) is 13.0. The molecule has 0 radical (unpaired) electrons. The summed E-state index contributed by atoms with van der Waals surface area (Å²) < 4.78 is 15.0. The first kappa shape index (κ1) is 28.9. The number of hydrogen-bond acceptors (Lipinski definition) is 6. The number of piperazine rings is 1. The van der Waals surface area contributed by atoms with E-state index in [1.54, 1.807) is 29.2 Å². The predicted molar refractivity (Wildman–Crippen MR) is 165 cm³/mol. The Morgan fingerprint density at radius 3 is 2.23 bits per heavy atom. The van der Waals surface area contributed by atoms with Crippen LogP contribution in [0.3, 0.4) is 0 Å². The molecular formula is C33H40FN7O3. The van der Waals surface area contributed by atoms with E-state index in [1.165, 1.54) is 18.9 Å². The lowest BCUT2D eigenvalue weighted by Crippen LogP contribution is -2.56. The molecule has 2 unspecified atom stereocenters. The van der Waals surface area contributed by atoms with Crippen molar-refractivity contribution >= 4 is 22.7 Å². The molecule has 5 heterocycles. The van der Waals surface area contributed by atoms with Crippen LogP contribution in [0.4, 0.5) is 9.18 Å². The SMILES string of the molecule is CN1CCC(N2CCN(C(=O)N3CC4CN(C(=O)c5cc(Cc6n[nH]c(=O)c7ccccc67)ccc5F)CC4C3)CC2)CC1. The van der Waals surface area contributed by atoms with Gasteiger partial charge in [0.15, 0.2) is 0 Å². The van der Waals surface area contributed by atoms with E-state index in [1.807, 2.05) is 21.9 Å². The van der Waals surface area contributed by atoms with Crippen molar-refractivity contribution in [2.75, 3.05) is 72.5 Å². The number of fused-ring (bicyclic) bond motifs is 2. The van der Waals surface area contributed by atoms with Crippen LogP contribution in [-0.4, -0.2) is 125 Å². The number of amides is 3. The van der Waals surface area contributed by atoms with Gasteiger partial charge in [0.05, 0.1) is 16.6 Å². The van der Waals surface area contributed by atoms with Crippen molar-refractivity contribution in [3.05, 3.63) is 75.5 Å². The monoisotopic (exact) mass is 601 g/mol. The number of H-pyrrole nitrogens is 1. The van der Waals surface area contributed by atoms with Crippen molar-refractivity contribution < 1.29 is 14.0 Å². The Hall–Kier alpha value is -3.83. The van der Waals surface area contributed by atoms with Crippen LogP contribution in [0.25, 0.3) is 10.8 Å². The smallest absolute Gasteiger partial charge is 0.320 e. The number of nitrogens with zero attached hydrogens (tertiary/aromatic N) is 6. The molecule has 0 aliphatic carbocycles. The van der Waals surface area contributed by atoms with E-state index >= 15 is 0 Å². The molecule has 4 aliphatic heterocycles. The predicted octanol–water partition coefficient (Wildman–Crippen LogP) is 2.49. The molecule has 4 saturated heterocycles. The Morgan fingerprint density at radius 1 is 0.864 bits per heavy atom. The van der Waals surface area contributed by atoms with Crippen LogP contribution in [0, 0.1) is 17.7 Å². The third kappa shape index (κ3) is 5.59. The lowest BCUT2D eigenvalue weighted by atomic mass is 10.0. The van der Waals surface area contributed by atoms with Gasteiger partial charge in [0.2, 0.25) is 0 Å². The first-order valence-corrected chi connectivity index (χ1v) is 15.8. The highest BCUT2D eigenvalue weighted by Gasteiger charge is 2.44. The number of rotatable bonds is 4. The van der Waals surface area contributed by atoms with E-state index in [4.69, 9.17) is 0 Å². The summed E-state index contributed by atoms with van der Waals surface area (Å²) in [5.41, 5.74) is 1.19. The molecule has 232 valence electrons. The summed E-state index contributed by atoms with van der Waals surface area (Å²) in [5, 5.41) is 8.05. The lowest BCUT2D eigenvalue weighted by Gasteiger charge is -2.42. The summed E-state index contributed by atoms with van der Waals surface area (Å²) in [6, 6.07) is 12.6. The van der Waals surface area contributed by atoms with Gasteiger partial charge in [0.25, 0.3) is 11.5 Å². The molecule has 7 rings (SSSR count). The molecule has 1 aromatic heterocycles. The molecular weight excluding hydrogens is 561 g/mol. The fraction of sp³-hybridized carbons (Fsp3) is 0.515. The Labute approximate surface area is 256 Å². The normalized spacial score (nSPS) is 23.5. The minimum Gasteiger partial charge on any atom is -0.338 e. The third-order valence-electron chi connectivity index (χ3n) is 10.2. The molecule has 2 aromatic carbocycles. The van der Waals surface area contributed by atoms with Crippen molar-refractivity contribution in [3.63, 3.8) is 0 Å². The number of hydrogen-bond donors (Lipinski definition) is 1. The van der Waals surface area contributed by atoms with Crippen LogP contribution in [0.1, 0.15) is 34.5 Å². The van der Waals surface area contributed by atoms with Gasteiger partial charge in [0.1, 0.15) is 5.82 Å². The maximum absolute atomic E-state index is 15.0. The number of carbonyl (C=O) groups excluding carboxylic acids is 2. The molecule has 44 heavy (non-hydrogen) atoms. The van der Waals surface area contributed by atoms with Crippen molar-refractivity contribution in [3.8, 4) is 0 Å². The van der Waals surface area contributed by atoms with E-state index < -0.39 is 5.82 Å². The van der Waals surface area contributed by atoms with Crippen molar-refractivity contribution in [1.29, 1.82) is 0 Å². The van der Waals surface area contributed by atoms with Crippen LogP contribution in [-0.2, 0) is 6.42 Å². The first-order chi connectivity index (χ1) is 21.3. The number of piperidine rings is 1. The van der Waals surface area contributed by atoms with Gasteiger partial charge in [0, 0.05) is 82.0 Å². The number of urea groups is 1. The zero-order chi connectivity index (χ0) is 30.4. The summed E-state index contributed by atoms with van der Waals surface area (Å²) in [4.78, 5) is 49.8. The maximum Gasteiger partial charge on any atom is 0.320 e. The van der Waals surface area contributed by atoms with Crippen LogP contribution in [0.2, 0.25) is 0 Å². The fourth-order valence-electron chi connectivity index (χ4n) is 7.67. The molecule has 3 amide bonds. The molecule has 3 aromatic rings. The molecule has 0 bridgehead atoms. The van der Waals surface area contributed by atoms with Gasteiger partial charge in [-0.1, -0.05) is 24.3 Å². The van der Waals surface area contributed by atoms with E-state index in [-0.39, 0.29) is 34.9 Å². The maximum atomic E-state index is 15.0. The first-order valence-electron chi connectivity index (χ1n) is 15.8. The van der Waals surface area contributed by atoms with Crippen LogP contribution in [0.15, 0.2) is 47.3 Å². The van der Waals surface area contributed by atoms with Crippen molar-refractivity contribution in [2.45, 2.75) is 25.3 Å². The highest BCUT2D eigenvalue weighted by Crippen LogP contribution is 2.33. The second-order valence-corrected chi connectivity index (χ2v) is 13.0. The van der Waals surface area contributed by atoms with E-state index in [0.29, 0.717) is 49.7 Å². The summed E-state index contributed by atoms with van der Waals surface area (Å²) in [6.45, 7) is 7.99. The van der Waals surface area contributed by atoms with Gasteiger partial charge >= 0.3 is 6.03 Å². The zero-order valence-electron chi connectivity index (χ0n) is 25.3. The number of halogens is 1. The largest absolute Gasteiger partial charge is 0.338 e. The van der Waals surface area contributed by atoms with Gasteiger partial charge in [-0.15, -0.1) is 0 Å². The zero-order valence-corrected chi connectivity index (χ0v) is 25.3. The minimum atomic E-state index is -0.550. The van der Waals surface area contributed by atoms with E-state index in [2.05, 4.69) is 27.0 Å².